The smallest absolute Gasteiger partial charge is 0.326 e. The molecule has 2 fully saturated rings. The number of carboxylic acid groups (broad SMARTS) is 1. The summed E-state index contributed by atoms with van der Waals surface area (Å²) in [6, 6.07) is -0.662. The van der Waals surface area contributed by atoms with Crippen LogP contribution in [0, 0.1) is 5.92 Å². The van der Waals surface area contributed by atoms with Gasteiger partial charge in [0.1, 0.15) is 6.04 Å². The lowest BCUT2D eigenvalue weighted by Crippen LogP contribution is -2.56. The second-order valence-corrected chi connectivity index (χ2v) is 6.09. The summed E-state index contributed by atoms with van der Waals surface area (Å²) in [6.07, 6.45) is 4.61. The predicted molar refractivity (Wildman–Crippen MR) is 78.1 cm³/mol. The summed E-state index contributed by atoms with van der Waals surface area (Å²) in [6.45, 7) is 3.60. The third kappa shape index (κ3) is 3.87. The molecule has 0 aromatic heterocycles. The molecule has 2 atom stereocenters. The number of hydrogen-bond donors (Lipinski definition) is 1. The summed E-state index contributed by atoms with van der Waals surface area (Å²) in [5, 5.41) is 9.34. The maximum Gasteiger partial charge on any atom is 0.326 e. The molecule has 1 aliphatic heterocycles. The molecule has 1 saturated heterocycles. The van der Waals surface area contributed by atoms with Crippen LogP contribution < -0.4 is 0 Å². The number of aliphatic carboxylic acids is 1. The molecule has 2 amide bonds. The number of carbonyl (C=O) groups excluding carboxylic acids is 1. The molecule has 6 heteroatoms. The second kappa shape index (κ2) is 7.11. The molecule has 1 saturated carbocycles. The molecule has 0 aromatic carbocycles. The van der Waals surface area contributed by atoms with Gasteiger partial charge in [-0.15, -0.1) is 0 Å². The van der Waals surface area contributed by atoms with E-state index in [2.05, 4.69) is 6.92 Å². The second-order valence-electron chi connectivity index (χ2n) is 6.09. The van der Waals surface area contributed by atoms with E-state index in [0.29, 0.717) is 32.0 Å². The van der Waals surface area contributed by atoms with Crippen molar-refractivity contribution in [2.24, 2.45) is 5.92 Å². The quantitative estimate of drug-likeness (QED) is 0.811. The van der Waals surface area contributed by atoms with Crippen LogP contribution in [0.4, 0.5) is 4.79 Å². The summed E-state index contributed by atoms with van der Waals surface area (Å²) in [7, 11) is 1.62. The average molecular weight is 298 g/mol. The van der Waals surface area contributed by atoms with Crippen molar-refractivity contribution in [3.8, 4) is 0 Å². The fourth-order valence-electron chi connectivity index (χ4n) is 3.08. The van der Waals surface area contributed by atoms with Crippen molar-refractivity contribution in [3.05, 3.63) is 0 Å². The Kier molecular flexibility index (Phi) is 5.45. The Morgan fingerprint density at radius 1 is 1.33 bits per heavy atom. The Morgan fingerprint density at radius 3 is 2.62 bits per heavy atom. The number of methoxy groups -OCH3 is 1. The minimum atomic E-state index is -0.895. The molecule has 0 radical (unpaired) electrons. The molecular formula is C15H26N2O4. The van der Waals surface area contributed by atoms with E-state index in [1.54, 1.807) is 12.0 Å². The van der Waals surface area contributed by atoms with E-state index in [0.717, 1.165) is 25.7 Å². The Hall–Kier alpha value is -1.30. The summed E-state index contributed by atoms with van der Waals surface area (Å²) >= 11 is 0. The number of rotatable bonds is 6. The maximum absolute atomic E-state index is 12.8. The first-order valence-corrected chi connectivity index (χ1v) is 7.85. The van der Waals surface area contributed by atoms with E-state index >= 15 is 0 Å². The average Bonchev–Trinajstić information content (AvgIpc) is 3.31. The van der Waals surface area contributed by atoms with Gasteiger partial charge < -0.3 is 19.6 Å². The van der Waals surface area contributed by atoms with Gasteiger partial charge in [-0.3, -0.25) is 0 Å². The number of ether oxygens (including phenoxy) is 1. The number of urea groups is 1. The molecule has 2 aliphatic rings. The Balaban J connectivity index is 2.09. The van der Waals surface area contributed by atoms with E-state index in [1.807, 2.05) is 4.90 Å². The van der Waals surface area contributed by atoms with Crippen LogP contribution in [0.25, 0.3) is 0 Å². The van der Waals surface area contributed by atoms with Crippen LogP contribution in [0.3, 0.4) is 0 Å². The third-order valence-corrected chi connectivity index (χ3v) is 4.61. The minimum Gasteiger partial charge on any atom is -0.480 e. The monoisotopic (exact) mass is 298 g/mol. The first-order valence-electron chi connectivity index (χ1n) is 7.85. The molecule has 1 heterocycles. The van der Waals surface area contributed by atoms with Crippen molar-refractivity contribution in [2.45, 2.75) is 51.1 Å². The normalized spacial score (nSPS) is 23.7. The first kappa shape index (κ1) is 16.1. The fourth-order valence-corrected chi connectivity index (χ4v) is 3.08. The lowest BCUT2D eigenvalue weighted by atomic mass is 10.0. The van der Waals surface area contributed by atoms with Crippen molar-refractivity contribution in [2.75, 3.05) is 26.8 Å². The highest BCUT2D eigenvalue weighted by molar-refractivity contribution is 5.83. The third-order valence-electron chi connectivity index (χ3n) is 4.61. The molecule has 21 heavy (non-hydrogen) atoms. The molecule has 1 aliphatic carbocycles. The summed E-state index contributed by atoms with van der Waals surface area (Å²) < 4.78 is 5.11. The van der Waals surface area contributed by atoms with E-state index < -0.39 is 12.0 Å². The zero-order valence-electron chi connectivity index (χ0n) is 13.0. The van der Waals surface area contributed by atoms with Gasteiger partial charge in [-0.25, -0.2) is 9.59 Å². The molecule has 0 aromatic rings. The van der Waals surface area contributed by atoms with Gasteiger partial charge in [0.05, 0.1) is 6.61 Å². The Labute approximate surface area is 126 Å². The number of amides is 2. The van der Waals surface area contributed by atoms with Crippen molar-refractivity contribution >= 4 is 12.0 Å². The highest BCUT2D eigenvalue weighted by Crippen LogP contribution is 2.35. The number of hydrogen-bond acceptors (Lipinski definition) is 3. The van der Waals surface area contributed by atoms with Crippen molar-refractivity contribution in [1.29, 1.82) is 0 Å². The van der Waals surface area contributed by atoms with Crippen LogP contribution in [0.15, 0.2) is 0 Å². The standard InChI is InChI=1S/C15H26N2O4/c1-11(12-6-7-12)16(9-10-21-2)15(20)17-8-4-3-5-13(17)14(18)19/h11-13H,3-10H2,1-2H3,(H,18,19). The summed E-state index contributed by atoms with van der Waals surface area (Å²) in [4.78, 5) is 27.6. The molecule has 1 N–H and O–H groups in total. The highest BCUT2D eigenvalue weighted by atomic mass is 16.5. The molecule has 2 unspecified atom stereocenters. The van der Waals surface area contributed by atoms with Crippen molar-refractivity contribution < 1.29 is 19.4 Å². The van der Waals surface area contributed by atoms with E-state index in [-0.39, 0.29) is 12.1 Å². The van der Waals surface area contributed by atoms with Crippen LogP contribution in [0.1, 0.15) is 39.0 Å². The van der Waals surface area contributed by atoms with E-state index in [4.69, 9.17) is 4.74 Å². The van der Waals surface area contributed by atoms with Gasteiger partial charge in [-0.1, -0.05) is 0 Å². The number of likely N-dealkylation sites (tertiary alicyclic amines) is 1. The van der Waals surface area contributed by atoms with Gasteiger partial charge >= 0.3 is 12.0 Å². The fraction of sp³-hybridized carbons (Fsp3) is 0.867. The zero-order valence-corrected chi connectivity index (χ0v) is 13.0. The van der Waals surface area contributed by atoms with Crippen LogP contribution in [-0.2, 0) is 9.53 Å². The first-order chi connectivity index (χ1) is 10.1. The maximum atomic E-state index is 12.8. The molecule has 6 nitrogen and oxygen atoms in total. The van der Waals surface area contributed by atoms with Gasteiger partial charge in [0.25, 0.3) is 0 Å². The highest BCUT2D eigenvalue weighted by Gasteiger charge is 2.39. The van der Waals surface area contributed by atoms with Crippen molar-refractivity contribution in [1.82, 2.24) is 9.80 Å². The van der Waals surface area contributed by atoms with E-state index in [9.17, 15) is 14.7 Å². The van der Waals surface area contributed by atoms with E-state index in [1.165, 1.54) is 0 Å². The number of piperidine rings is 1. The molecule has 120 valence electrons. The van der Waals surface area contributed by atoms with Gasteiger partial charge in [0.15, 0.2) is 0 Å². The summed E-state index contributed by atoms with van der Waals surface area (Å²) in [5.74, 6) is -0.340. The predicted octanol–water partition coefficient (Wildman–Crippen LogP) is 1.79. The van der Waals surface area contributed by atoms with Crippen LogP contribution in [0.5, 0.6) is 0 Å². The van der Waals surface area contributed by atoms with Crippen molar-refractivity contribution in [3.63, 3.8) is 0 Å². The van der Waals surface area contributed by atoms with Gasteiger partial charge in [0.2, 0.25) is 0 Å². The molecular weight excluding hydrogens is 272 g/mol. The lowest BCUT2D eigenvalue weighted by Gasteiger charge is -2.39. The van der Waals surface area contributed by atoms with Gasteiger partial charge in [-0.05, 0) is 44.9 Å². The number of nitrogens with zero attached hydrogens (tertiary/aromatic N) is 2. The van der Waals surface area contributed by atoms with Crippen LogP contribution >= 0.6 is 0 Å². The zero-order chi connectivity index (χ0) is 15.4. The lowest BCUT2D eigenvalue weighted by molar-refractivity contribution is -0.143. The molecule has 2 rings (SSSR count). The van der Waals surface area contributed by atoms with Crippen LogP contribution in [-0.4, -0.2) is 65.8 Å². The van der Waals surface area contributed by atoms with Crippen LogP contribution in [0.2, 0.25) is 0 Å². The largest absolute Gasteiger partial charge is 0.480 e. The van der Waals surface area contributed by atoms with Gasteiger partial charge in [-0.2, -0.15) is 0 Å². The summed E-state index contributed by atoms with van der Waals surface area (Å²) in [5.41, 5.74) is 0. The molecule has 0 bridgehead atoms. The Morgan fingerprint density at radius 2 is 2.05 bits per heavy atom. The van der Waals surface area contributed by atoms with Gasteiger partial charge in [0, 0.05) is 26.2 Å². The number of carbonyl (C=O) groups is 2. The topological polar surface area (TPSA) is 70.1 Å². The number of carboxylic acids is 1. The molecule has 0 spiro atoms. The minimum absolute atomic E-state index is 0.140. The Bertz CT molecular complexity index is 384. The SMILES string of the molecule is COCCN(C(=O)N1CCCCC1C(=O)O)C(C)C1CC1.